The van der Waals surface area contributed by atoms with E-state index in [1.54, 1.807) is 24.3 Å². The Morgan fingerprint density at radius 1 is 1.12 bits per heavy atom. The molecular weight excluding hydrogens is 300 g/mol. The van der Waals surface area contributed by atoms with Gasteiger partial charge in [0.2, 0.25) is 5.91 Å². The van der Waals surface area contributed by atoms with Crippen molar-refractivity contribution in [1.29, 1.82) is 0 Å². The highest BCUT2D eigenvalue weighted by molar-refractivity contribution is 5.96. The summed E-state index contributed by atoms with van der Waals surface area (Å²) in [7, 11) is 0. The molecule has 1 aliphatic heterocycles. The third-order valence-electron chi connectivity index (χ3n) is 4.55. The Morgan fingerprint density at radius 2 is 1.83 bits per heavy atom. The average Bonchev–Trinajstić information content (AvgIpc) is 2.58. The van der Waals surface area contributed by atoms with Gasteiger partial charge < -0.3 is 10.2 Å². The number of aryl methyl sites for hydroxylation is 1. The van der Waals surface area contributed by atoms with Crippen molar-refractivity contribution in [3.05, 3.63) is 59.7 Å². The van der Waals surface area contributed by atoms with Crippen molar-refractivity contribution in [3.63, 3.8) is 0 Å². The van der Waals surface area contributed by atoms with Crippen molar-refractivity contribution in [2.75, 3.05) is 16.8 Å². The van der Waals surface area contributed by atoms with Crippen molar-refractivity contribution >= 4 is 23.1 Å². The van der Waals surface area contributed by atoms with Gasteiger partial charge >= 0.3 is 0 Å². The first-order valence-corrected chi connectivity index (χ1v) is 8.30. The molecule has 0 radical (unpaired) electrons. The maximum atomic E-state index is 12.4. The number of fused-ring (bicyclic) bond motifs is 1. The van der Waals surface area contributed by atoms with Crippen molar-refractivity contribution in [1.82, 2.24) is 0 Å². The molecule has 0 saturated carbocycles. The highest BCUT2D eigenvalue weighted by atomic mass is 16.2. The predicted molar refractivity (Wildman–Crippen MR) is 96.6 cm³/mol. The van der Waals surface area contributed by atoms with Crippen LogP contribution in [0, 0.1) is 0 Å². The number of hydrogen-bond acceptors (Lipinski definition) is 3. The summed E-state index contributed by atoms with van der Waals surface area (Å²) in [4.78, 5) is 25.9. The van der Waals surface area contributed by atoms with Crippen LogP contribution in [-0.4, -0.2) is 24.3 Å². The van der Waals surface area contributed by atoms with Crippen LogP contribution < -0.4 is 10.2 Å². The molecule has 1 amide bonds. The summed E-state index contributed by atoms with van der Waals surface area (Å²) in [6.07, 6.45) is 2.11. The number of nitrogens with zero attached hydrogens (tertiary/aromatic N) is 1. The first-order valence-electron chi connectivity index (χ1n) is 8.30. The van der Waals surface area contributed by atoms with E-state index in [1.165, 1.54) is 12.5 Å². The molecule has 1 heterocycles. The average molecular weight is 322 g/mol. The molecule has 0 spiro atoms. The van der Waals surface area contributed by atoms with E-state index in [0.29, 0.717) is 23.8 Å². The van der Waals surface area contributed by atoms with Crippen molar-refractivity contribution in [3.8, 4) is 0 Å². The van der Waals surface area contributed by atoms with Gasteiger partial charge in [-0.15, -0.1) is 0 Å². The minimum atomic E-state index is -0.0471. The van der Waals surface area contributed by atoms with E-state index in [4.69, 9.17) is 0 Å². The topological polar surface area (TPSA) is 49.4 Å². The lowest BCUT2D eigenvalue weighted by atomic mass is 9.96. The van der Waals surface area contributed by atoms with Crippen LogP contribution in [0.2, 0.25) is 0 Å². The lowest BCUT2D eigenvalue weighted by Crippen LogP contribution is -2.42. The molecule has 2 aromatic rings. The van der Waals surface area contributed by atoms with Crippen LogP contribution in [0.5, 0.6) is 0 Å². The van der Waals surface area contributed by atoms with Crippen LogP contribution in [0.4, 0.5) is 11.4 Å². The van der Waals surface area contributed by atoms with E-state index in [0.717, 1.165) is 18.5 Å². The molecule has 24 heavy (non-hydrogen) atoms. The summed E-state index contributed by atoms with van der Waals surface area (Å²) in [6, 6.07) is 15.6. The highest BCUT2D eigenvalue weighted by Gasteiger charge is 2.24. The number of ketones is 1. The molecule has 0 aliphatic carbocycles. The second-order valence-electron chi connectivity index (χ2n) is 6.33. The fraction of sp³-hybridized carbons (Fsp3) is 0.300. The van der Waals surface area contributed by atoms with Crippen LogP contribution in [0.3, 0.4) is 0 Å². The fourth-order valence-corrected chi connectivity index (χ4v) is 3.14. The molecule has 4 heteroatoms. The Balaban J connectivity index is 1.69. The number of carbonyl (C=O) groups is 2. The zero-order valence-corrected chi connectivity index (χ0v) is 14.1. The van der Waals surface area contributed by atoms with Gasteiger partial charge in [-0.05, 0) is 62.6 Å². The van der Waals surface area contributed by atoms with E-state index < -0.39 is 0 Å². The van der Waals surface area contributed by atoms with E-state index in [9.17, 15) is 9.59 Å². The molecule has 1 atom stereocenters. The molecule has 3 rings (SSSR count). The van der Waals surface area contributed by atoms with Crippen molar-refractivity contribution < 1.29 is 9.59 Å². The normalized spacial score (nSPS) is 16.4. The minimum Gasteiger partial charge on any atom is -0.359 e. The largest absolute Gasteiger partial charge is 0.359 e. The van der Waals surface area contributed by atoms with Gasteiger partial charge in [0.1, 0.15) is 0 Å². The number of rotatable bonds is 4. The van der Waals surface area contributed by atoms with Crippen LogP contribution in [0.1, 0.15) is 36.2 Å². The third-order valence-corrected chi connectivity index (χ3v) is 4.55. The Bertz CT molecular complexity index is 752. The van der Waals surface area contributed by atoms with Crippen molar-refractivity contribution in [2.24, 2.45) is 0 Å². The number of Topliss-reactive ketones (excluding diaryl/α,β-unsaturated/α-hetero) is 1. The molecule has 0 unspecified atom stereocenters. The minimum absolute atomic E-state index is 0.0200. The van der Waals surface area contributed by atoms with Gasteiger partial charge in [-0.1, -0.05) is 18.2 Å². The van der Waals surface area contributed by atoms with Crippen LogP contribution in [0.25, 0.3) is 0 Å². The van der Waals surface area contributed by atoms with Crippen LogP contribution in [0.15, 0.2) is 48.5 Å². The summed E-state index contributed by atoms with van der Waals surface area (Å²) in [6.45, 7) is 4.01. The highest BCUT2D eigenvalue weighted by Crippen LogP contribution is 2.30. The molecule has 1 N–H and O–H groups in total. The number of nitrogens with one attached hydrogen (secondary N) is 1. The standard InChI is InChI=1S/C20H22N2O2/c1-14-7-8-17-5-3-4-6-19(17)22(14)13-20(24)21-18-11-9-16(10-12-18)15(2)23/h3-6,9-12,14H,7-8,13H2,1-2H3,(H,21,24)/t14-/m0/s1. The molecule has 124 valence electrons. The zero-order valence-electron chi connectivity index (χ0n) is 14.1. The molecule has 0 bridgehead atoms. The van der Waals surface area contributed by atoms with Gasteiger partial charge in [0.15, 0.2) is 5.78 Å². The second-order valence-corrected chi connectivity index (χ2v) is 6.33. The summed E-state index contributed by atoms with van der Waals surface area (Å²) >= 11 is 0. The van der Waals surface area contributed by atoms with Gasteiger partial charge in [-0.2, -0.15) is 0 Å². The molecule has 1 aliphatic rings. The molecule has 2 aromatic carbocycles. The van der Waals surface area contributed by atoms with E-state index >= 15 is 0 Å². The van der Waals surface area contributed by atoms with Crippen molar-refractivity contribution in [2.45, 2.75) is 32.7 Å². The lowest BCUT2D eigenvalue weighted by molar-refractivity contribution is -0.115. The smallest absolute Gasteiger partial charge is 0.243 e. The predicted octanol–water partition coefficient (Wildman–Crippen LogP) is 3.67. The Hall–Kier alpha value is -2.62. The number of anilines is 2. The van der Waals surface area contributed by atoms with Crippen LogP contribution >= 0.6 is 0 Å². The fourth-order valence-electron chi connectivity index (χ4n) is 3.14. The first-order chi connectivity index (χ1) is 11.5. The summed E-state index contributed by atoms with van der Waals surface area (Å²) in [5.74, 6) is -0.0271. The van der Waals surface area contributed by atoms with E-state index in [1.807, 2.05) is 12.1 Å². The summed E-state index contributed by atoms with van der Waals surface area (Å²) < 4.78 is 0. The molecule has 0 aromatic heterocycles. The maximum Gasteiger partial charge on any atom is 0.243 e. The second kappa shape index (κ2) is 6.87. The van der Waals surface area contributed by atoms with Gasteiger partial charge in [0.05, 0.1) is 6.54 Å². The number of amides is 1. The zero-order chi connectivity index (χ0) is 17.1. The molecule has 0 fully saturated rings. The Morgan fingerprint density at radius 3 is 2.54 bits per heavy atom. The quantitative estimate of drug-likeness (QED) is 0.874. The maximum absolute atomic E-state index is 12.4. The van der Waals surface area contributed by atoms with Gasteiger partial charge in [-0.3, -0.25) is 9.59 Å². The Labute approximate surface area is 142 Å². The summed E-state index contributed by atoms with van der Waals surface area (Å²) in [5.41, 5.74) is 3.81. The molecule has 0 saturated heterocycles. The summed E-state index contributed by atoms with van der Waals surface area (Å²) in [5, 5.41) is 2.91. The van der Waals surface area contributed by atoms with Crippen LogP contribution in [-0.2, 0) is 11.2 Å². The third kappa shape index (κ3) is 3.48. The molecule has 4 nitrogen and oxygen atoms in total. The van der Waals surface area contributed by atoms with E-state index in [-0.39, 0.29) is 11.7 Å². The van der Waals surface area contributed by atoms with Gasteiger partial charge in [-0.25, -0.2) is 0 Å². The Kier molecular flexibility index (Phi) is 4.65. The SMILES string of the molecule is CC(=O)c1ccc(NC(=O)CN2c3ccccc3CC[C@@H]2C)cc1. The van der Waals surface area contributed by atoms with Gasteiger partial charge in [0, 0.05) is 23.0 Å². The monoisotopic (exact) mass is 322 g/mol. The molecular formula is C20H22N2O2. The van der Waals surface area contributed by atoms with E-state index in [2.05, 4.69) is 29.3 Å². The first kappa shape index (κ1) is 16.2. The van der Waals surface area contributed by atoms with Gasteiger partial charge in [0.25, 0.3) is 0 Å². The lowest BCUT2D eigenvalue weighted by Gasteiger charge is -2.36. The number of benzene rings is 2. The number of carbonyl (C=O) groups excluding carboxylic acids is 2. The number of para-hydroxylation sites is 1. The number of hydrogen-bond donors (Lipinski definition) is 1.